The Morgan fingerprint density at radius 1 is 1.24 bits per heavy atom. The zero-order valence-electron chi connectivity index (χ0n) is 11.3. The maximum atomic E-state index is 10.5. The number of rotatable bonds is 7. The summed E-state index contributed by atoms with van der Waals surface area (Å²) in [5.41, 5.74) is 2.17. The summed E-state index contributed by atoms with van der Waals surface area (Å²) in [6, 6.07) is 0. The Balaban J connectivity index is 4.29. The van der Waals surface area contributed by atoms with Crippen LogP contribution in [0.3, 0.4) is 0 Å². The van der Waals surface area contributed by atoms with Crippen LogP contribution in [0.1, 0.15) is 40.5 Å². The van der Waals surface area contributed by atoms with Gasteiger partial charge in [0.2, 0.25) is 0 Å². The molecule has 1 nitrogen and oxygen atoms in total. The highest BCUT2D eigenvalue weighted by atomic mass is 35.5. The predicted octanol–water partition coefficient (Wildman–Crippen LogP) is 4.68. The summed E-state index contributed by atoms with van der Waals surface area (Å²) in [6.45, 7) is 8.24. The molecule has 0 fully saturated rings. The lowest BCUT2D eigenvalue weighted by molar-refractivity contribution is -0.104. The van der Waals surface area contributed by atoms with Crippen LogP contribution in [0.4, 0.5) is 0 Å². The molecular weight excluding hydrogens is 232 g/mol. The summed E-state index contributed by atoms with van der Waals surface area (Å²) in [4.78, 5) is 10.5. The molecule has 0 atom stereocenters. The molecule has 0 radical (unpaired) electrons. The first-order valence-electron chi connectivity index (χ1n) is 5.92. The SMILES string of the molecule is CC(C=O)=CCC(C)(C)C=CCC(C)=CCCl. The standard InChI is InChI=1S/C15H23ClO/c1-13(8-11-16)6-5-9-15(3,4)10-7-14(2)12-17/h5,7-9,12H,6,10-11H2,1-4H3. The Bertz CT molecular complexity index is 322. The van der Waals surface area contributed by atoms with E-state index in [1.807, 2.05) is 19.1 Å². The van der Waals surface area contributed by atoms with Crippen LogP contribution in [0.15, 0.2) is 35.5 Å². The Hall–Kier alpha value is -0.820. The smallest absolute Gasteiger partial charge is 0.145 e. The minimum Gasteiger partial charge on any atom is -0.298 e. The van der Waals surface area contributed by atoms with E-state index in [-0.39, 0.29) is 5.41 Å². The molecule has 0 amide bonds. The van der Waals surface area contributed by atoms with Crippen molar-refractivity contribution in [3.05, 3.63) is 35.5 Å². The van der Waals surface area contributed by atoms with Gasteiger partial charge in [0, 0.05) is 5.88 Å². The van der Waals surface area contributed by atoms with Crippen LogP contribution in [0.5, 0.6) is 0 Å². The lowest BCUT2D eigenvalue weighted by Crippen LogP contribution is -2.05. The lowest BCUT2D eigenvalue weighted by Gasteiger charge is -2.18. The monoisotopic (exact) mass is 254 g/mol. The highest BCUT2D eigenvalue weighted by Gasteiger charge is 2.11. The van der Waals surface area contributed by atoms with Gasteiger partial charge in [-0.25, -0.2) is 0 Å². The van der Waals surface area contributed by atoms with Gasteiger partial charge in [-0.1, -0.05) is 43.7 Å². The Labute approximate surface area is 110 Å². The fourth-order valence-electron chi connectivity index (χ4n) is 1.32. The quantitative estimate of drug-likeness (QED) is 0.279. The van der Waals surface area contributed by atoms with Crippen LogP contribution in [-0.2, 0) is 4.79 Å². The summed E-state index contributed by atoms with van der Waals surface area (Å²) in [5, 5.41) is 0. The normalized spacial score (nSPS) is 14.4. The molecule has 0 N–H and O–H groups in total. The lowest BCUT2D eigenvalue weighted by atomic mass is 9.87. The fraction of sp³-hybridized carbons (Fsp3) is 0.533. The molecule has 0 heterocycles. The van der Waals surface area contributed by atoms with Crippen LogP contribution in [0.2, 0.25) is 0 Å². The van der Waals surface area contributed by atoms with Gasteiger partial charge in [0.1, 0.15) is 6.29 Å². The Kier molecular flexibility index (Phi) is 7.90. The van der Waals surface area contributed by atoms with E-state index in [1.165, 1.54) is 5.57 Å². The summed E-state index contributed by atoms with van der Waals surface area (Å²) in [7, 11) is 0. The van der Waals surface area contributed by atoms with Crippen molar-refractivity contribution in [2.45, 2.75) is 40.5 Å². The van der Waals surface area contributed by atoms with E-state index in [1.54, 1.807) is 0 Å². The van der Waals surface area contributed by atoms with Crippen LogP contribution in [-0.4, -0.2) is 12.2 Å². The predicted molar refractivity (Wildman–Crippen MR) is 76.5 cm³/mol. The van der Waals surface area contributed by atoms with Gasteiger partial charge in [-0.15, -0.1) is 11.6 Å². The highest BCUT2D eigenvalue weighted by Crippen LogP contribution is 2.24. The number of aldehydes is 1. The molecule has 0 unspecified atom stereocenters. The number of carbonyl (C=O) groups is 1. The summed E-state index contributed by atoms with van der Waals surface area (Å²) < 4.78 is 0. The molecule has 0 aromatic carbocycles. The molecule has 0 aliphatic carbocycles. The van der Waals surface area contributed by atoms with Crippen molar-refractivity contribution in [1.29, 1.82) is 0 Å². The van der Waals surface area contributed by atoms with Crippen molar-refractivity contribution in [2.24, 2.45) is 5.41 Å². The van der Waals surface area contributed by atoms with Crippen molar-refractivity contribution in [2.75, 3.05) is 5.88 Å². The fourth-order valence-corrected chi connectivity index (χ4v) is 1.58. The number of halogens is 1. The van der Waals surface area contributed by atoms with Gasteiger partial charge in [-0.2, -0.15) is 0 Å². The molecule has 0 aromatic rings. The van der Waals surface area contributed by atoms with Crippen molar-refractivity contribution in [3.8, 4) is 0 Å². The third kappa shape index (κ3) is 8.93. The summed E-state index contributed by atoms with van der Waals surface area (Å²) in [5.74, 6) is 0.574. The minimum absolute atomic E-state index is 0.0888. The van der Waals surface area contributed by atoms with E-state index in [0.717, 1.165) is 24.7 Å². The van der Waals surface area contributed by atoms with E-state index >= 15 is 0 Å². The first-order valence-corrected chi connectivity index (χ1v) is 6.46. The van der Waals surface area contributed by atoms with Crippen molar-refractivity contribution >= 4 is 17.9 Å². The molecule has 0 rings (SSSR count). The van der Waals surface area contributed by atoms with Gasteiger partial charge in [-0.05, 0) is 37.7 Å². The van der Waals surface area contributed by atoms with Gasteiger partial charge in [0.15, 0.2) is 0 Å². The molecular formula is C15H23ClO. The first kappa shape index (κ1) is 16.2. The first-order chi connectivity index (χ1) is 7.91. The van der Waals surface area contributed by atoms with Gasteiger partial charge >= 0.3 is 0 Å². The van der Waals surface area contributed by atoms with Crippen molar-refractivity contribution in [3.63, 3.8) is 0 Å². The summed E-state index contributed by atoms with van der Waals surface area (Å²) in [6.07, 6.45) is 11.1. The maximum Gasteiger partial charge on any atom is 0.145 e. The average Bonchev–Trinajstić information content (AvgIpc) is 2.26. The molecule has 0 saturated carbocycles. The summed E-state index contributed by atoms with van der Waals surface area (Å²) >= 11 is 5.62. The molecule has 17 heavy (non-hydrogen) atoms. The molecule has 0 aliphatic rings. The largest absolute Gasteiger partial charge is 0.298 e. The van der Waals surface area contributed by atoms with Crippen LogP contribution < -0.4 is 0 Å². The Morgan fingerprint density at radius 2 is 1.88 bits per heavy atom. The van der Waals surface area contributed by atoms with Gasteiger partial charge in [0.25, 0.3) is 0 Å². The molecule has 0 bridgehead atoms. The topological polar surface area (TPSA) is 17.1 Å². The molecule has 96 valence electrons. The van der Waals surface area contributed by atoms with E-state index < -0.39 is 0 Å². The second-order valence-electron chi connectivity index (χ2n) is 5.07. The minimum atomic E-state index is 0.0888. The zero-order valence-corrected chi connectivity index (χ0v) is 12.1. The average molecular weight is 255 g/mol. The highest BCUT2D eigenvalue weighted by molar-refractivity contribution is 6.18. The zero-order chi connectivity index (χ0) is 13.3. The van der Waals surface area contributed by atoms with Crippen molar-refractivity contribution in [1.82, 2.24) is 0 Å². The van der Waals surface area contributed by atoms with Crippen LogP contribution >= 0.6 is 11.6 Å². The molecule has 0 saturated heterocycles. The molecule has 0 spiro atoms. The van der Waals surface area contributed by atoms with Crippen LogP contribution in [0.25, 0.3) is 0 Å². The number of hydrogen-bond acceptors (Lipinski definition) is 1. The third-order valence-corrected chi connectivity index (χ3v) is 2.72. The van der Waals surface area contributed by atoms with Crippen molar-refractivity contribution < 1.29 is 4.79 Å². The third-order valence-electron chi connectivity index (χ3n) is 2.57. The maximum absolute atomic E-state index is 10.5. The Morgan fingerprint density at radius 3 is 2.41 bits per heavy atom. The number of carbonyl (C=O) groups excluding carboxylic acids is 1. The molecule has 2 heteroatoms. The number of alkyl halides is 1. The number of hydrogen-bond donors (Lipinski definition) is 0. The van der Waals surface area contributed by atoms with E-state index in [0.29, 0.717) is 5.88 Å². The van der Waals surface area contributed by atoms with Crippen LogP contribution in [0, 0.1) is 5.41 Å². The second kappa shape index (κ2) is 8.30. The number of allylic oxidation sites excluding steroid dienone is 6. The van der Waals surface area contributed by atoms with E-state index in [2.05, 4.69) is 32.9 Å². The van der Waals surface area contributed by atoms with Gasteiger partial charge in [0.05, 0.1) is 0 Å². The molecule has 0 aliphatic heterocycles. The second-order valence-corrected chi connectivity index (χ2v) is 5.38. The van der Waals surface area contributed by atoms with E-state index in [9.17, 15) is 4.79 Å². The van der Waals surface area contributed by atoms with Gasteiger partial charge < -0.3 is 0 Å². The van der Waals surface area contributed by atoms with E-state index in [4.69, 9.17) is 11.6 Å². The molecule has 0 aromatic heterocycles. The van der Waals surface area contributed by atoms with Gasteiger partial charge in [-0.3, -0.25) is 4.79 Å².